The minimum Gasteiger partial charge on any atom is -0.381 e. The van der Waals surface area contributed by atoms with Crippen molar-refractivity contribution in [3.63, 3.8) is 0 Å². The van der Waals surface area contributed by atoms with E-state index in [2.05, 4.69) is 29.5 Å². The number of rotatable bonds is 9. The second-order valence-corrected chi connectivity index (χ2v) is 6.77. The average Bonchev–Trinajstić information content (AvgIpc) is 3.12. The highest BCUT2D eigenvalue weighted by molar-refractivity contribution is 14.0. The lowest BCUT2D eigenvalue weighted by molar-refractivity contribution is 0.0893. The minimum atomic E-state index is 0. The third kappa shape index (κ3) is 8.88. The van der Waals surface area contributed by atoms with Gasteiger partial charge in [-0.3, -0.25) is 4.99 Å². The summed E-state index contributed by atoms with van der Waals surface area (Å²) in [5, 5.41) is 7.46. The van der Waals surface area contributed by atoms with Crippen LogP contribution in [0.5, 0.6) is 0 Å². The van der Waals surface area contributed by atoms with Crippen LogP contribution in [0.15, 0.2) is 29.3 Å². The van der Waals surface area contributed by atoms with Crippen molar-refractivity contribution >= 4 is 41.5 Å². The first-order valence-electron chi connectivity index (χ1n) is 9.14. The zero-order chi connectivity index (χ0) is 17.9. The summed E-state index contributed by atoms with van der Waals surface area (Å²) < 4.78 is 11.1. The zero-order valence-corrected chi connectivity index (χ0v) is 18.8. The lowest BCUT2D eigenvalue weighted by atomic mass is 10.1. The Hall–Kier alpha value is -0.570. The molecule has 0 spiro atoms. The molecule has 0 bridgehead atoms. The Labute approximate surface area is 179 Å². The van der Waals surface area contributed by atoms with Crippen LogP contribution >= 0.6 is 35.6 Å². The number of nitrogens with one attached hydrogen (secondary N) is 2. The highest BCUT2D eigenvalue weighted by Crippen LogP contribution is 2.16. The quantitative estimate of drug-likeness (QED) is 0.235. The second-order valence-electron chi connectivity index (χ2n) is 6.34. The maximum Gasteiger partial charge on any atom is 0.191 e. The van der Waals surface area contributed by atoms with Crippen LogP contribution in [0.4, 0.5) is 0 Å². The topological polar surface area (TPSA) is 54.9 Å². The van der Waals surface area contributed by atoms with E-state index in [1.54, 1.807) is 0 Å². The standard InChI is InChI=1S/C19H30ClN3O2.HI/c1-3-21-19(23-15(2)17-5-7-18(20)8-6-17)22-10-4-11-24-13-16-9-12-25-14-16;/h5-8,15-16H,3-4,9-14H2,1-2H3,(H2,21,22,23);1H. The third-order valence-corrected chi connectivity index (χ3v) is 4.41. The van der Waals surface area contributed by atoms with Gasteiger partial charge >= 0.3 is 0 Å². The van der Waals surface area contributed by atoms with Gasteiger partial charge in [0.05, 0.1) is 19.3 Å². The Kier molecular flexibility index (Phi) is 12.3. The molecule has 0 amide bonds. The van der Waals surface area contributed by atoms with Crippen LogP contribution in [0.3, 0.4) is 0 Å². The SMILES string of the molecule is CCNC(=NCCCOCC1CCOC1)NC(C)c1ccc(Cl)cc1.I. The fraction of sp³-hybridized carbons (Fsp3) is 0.632. The summed E-state index contributed by atoms with van der Waals surface area (Å²) in [5.74, 6) is 1.40. The molecule has 0 saturated carbocycles. The van der Waals surface area contributed by atoms with Crippen molar-refractivity contribution in [2.24, 2.45) is 10.9 Å². The molecule has 1 heterocycles. The smallest absolute Gasteiger partial charge is 0.191 e. The van der Waals surface area contributed by atoms with Crippen LogP contribution in [-0.2, 0) is 9.47 Å². The van der Waals surface area contributed by atoms with Crippen molar-refractivity contribution in [2.75, 3.05) is 39.5 Å². The molecule has 1 aliphatic heterocycles. The molecule has 5 nitrogen and oxygen atoms in total. The lowest BCUT2D eigenvalue weighted by Gasteiger charge is -2.18. The molecule has 1 aromatic carbocycles. The predicted octanol–water partition coefficient (Wildman–Crippen LogP) is 4.02. The number of hydrogen-bond donors (Lipinski definition) is 2. The molecule has 1 aliphatic rings. The van der Waals surface area contributed by atoms with Gasteiger partial charge in [0.15, 0.2) is 5.96 Å². The second kappa shape index (κ2) is 13.6. The molecule has 0 radical (unpaired) electrons. The number of hydrogen-bond acceptors (Lipinski definition) is 3. The van der Waals surface area contributed by atoms with Crippen LogP contribution < -0.4 is 10.6 Å². The molecule has 148 valence electrons. The molecule has 2 rings (SSSR count). The van der Waals surface area contributed by atoms with Crippen LogP contribution in [0.1, 0.15) is 38.3 Å². The maximum absolute atomic E-state index is 5.95. The van der Waals surface area contributed by atoms with Gasteiger partial charge in [-0.2, -0.15) is 0 Å². The zero-order valence-electron chi connectivity index (χ0n) is 15.7. The van der Waals surface area contributed by atoms with E-state index in [9.17, 15) is 0 Å². The van der Waals surface area contributed by atoms with Crippen LogP contribution in [0.2, 0.25) is 5.02 Å². The minimum absolute atomic E-state index is 0. The van der Waals surface area contributed by atoms with Crippen molar-refractivity contribution in [3.8, 4) is 0 Å². The highest BCUT2D eigenvalue weighted by atomic mass is 127. The summed E-state index contributed by atoms with van der Waals surface area (Å²) in [4.78, 5) is 4.63. The summed E-state index contributed by atoms with van der Waals surface area (Å²) >= 11 is 5.95. The van der Waals surface area contributed by atoms with E-state index in [0.717, 1.165) is 63.3 Å². The molecule has 1 saturated heterocycles. The van der Waals surface area contributed by atoms with Gasteiger partial charge in [0, 0.05) is 37.2 Å². The van der Waals surface area contributed by atoms with E-state index >= 15 is 0 Å². The summed E-state index contributed by atoms with van der Waals surface area (Å²) in [5.41, 5.74) is 1.18. The molecule has 0 aliphatic carbocycles. The van der Waals surface area contributed by atoms with Crippen molar-refractivity contribution < 1.29 is 9.47 Å². The molecule has 7 heteroatoms. The van der Waals surface area contributed by atoms with E-state index in [4.69, 9.17) is 21.1 Å². The van der Waals surface area contributed by atoms with Crippen LogP contribution in [0, 0.1) is 5.92 Å². The van der Waals surface area contributed by atoms with E-state index in [1.807, 2.05) is 24.3 Å². The Balaban J connectivity index is 0.00000338. The van der Waals surface area contributed by atoms with E-state index in [-0.39, 0.29) is 30.0 Å². The molecule has 2 atom stereocenters. The van der Waals surface area contributed by atoms with E-state index in [0.29, 0.717) is 5.92 Å². The number of aliphatic imine (C=N–C) groups is 1. The van der Waals surface area contributed by atoms with Crippen molar-refractivity contribution in [1.82, 2.24) is 10.6 Å². The Morgan fingerprint density at radius 2 is 2.15 bits per heavy atom. The molecule has 0 aromatic heterocycles. The molecule has 2 N–H and O–H groups in total. The number of halogens is 2. The normalized spacial score (nSPS) is 18.3. The molecular weight excluding hydrogens is 465 g/mol. The lowest BCUT2D eigenvalue weighted by Crippen LogP contribution is -2.38. The number of benzene rings is 1. The Morgan fingerprint density at radius 3 is 2.81 bits per heavy atom. The van der Waals surface area contributed by atoms with Gasteiger partial charge in [-0.1, -0.05) is 23.7 Å². The van der Waals surface area contributed by atoms with Crippen molar-refractivity contribution in [3.05, 3.63) is 34.9 Å². The van der Waals surface area contributed by atoms with Crippen molar-refractivity contribution in [1.29, 1.82) is 0 Å². The number of ether oxygens (including phenoxy) is 2. The van der Waals surface area contributed by atoms with Crippen molar-refractivity contribution in [2.45, 2.75) is 32.7 Å². The van der Waals surface area contributed by atoms with Gasteiger partial charge in [-0.05, 0) is 44.4 Å². The molecule has 1 fully saturated rings. The third-order valence-electron chi connectivity index (χ3n) is 4.16. The van der Waals surface area contributed by atoms with Gasteiger partial charge < -0.3 is 20.1 Å². The summed E-state index contributed by atoms with van der Waals surface area (Å²) in [6, 6.07) is 8.04. The number of guanidine groups is 1. The predicted molar refractivity (Wildman–Crippen MR) is 119 cm³/mol. The molecule has 26 heavy (non-hydrogen) atoms. The summed E-state index contributed by atoms with van der Waals surface area (Å²) in [6.45, 7) is 9.01. The van der Waals surface area contributed by atoms with Crippen LogP contribution in [0.25, 0.3) is 0 Å². The van der Waals surface area contributed by atoms with Crippen LogP contribution in [-0.4, -0.2) is 45.5 Å². The van der Waals surface area contributed by atoms with E-state index in [1.165, 1.54) is 5.56 Å². The fourth-order valence-corrected chi connectivity index (χ4v) is 2.81. The monoisotopic (exact) mass is 495 g/mol. The van der Waals surface area contributed by atoms with Gasteiger partial charge in [-0.15, -0.1) is 24.0 Å². The first-order valence-corrected chi connectivity index (χ1v) is 9.52. The van der Waals surface area contributed by atoms with E-state index < -0.39 is 0 Å². The molecular formula is C19H31ClIN3O2. The average molecular weight is 496 g/mol. The Morgan fingerprint density at radius 1 is 1.38 bits per heavy atom. The van der Waals surface area contributed by atoms with Gasteiger partial charge in [0.2, 0.25) is 0 Å². The molecule has 2 unspecified atom stereocenters. The number of nitrogens with zero attached hydrogens (tertiary/aromatic N) is 1. The van der Waals surface area contributed by atoms with Gasteiger partial charge in [-0.25, -0.2) is 0 Å². The highest BCUT2D eigenvalue weighted by Gasteiger charge is 2.15. The fourth-order valence-electron chi connectivity index (χ4n) is 2.68. The summed E-state index contributed by atoms with van der Waals surface area (Å²) in [6.07, 6.45) is 2.04. The maximum atomic E-state index is 5.95. The Bertz CT molecular complexity index is 522. The first-order chi connectivity index (χ1) is 12.2. The first kappa shape index (κ1) is 23.5. The van der Waals surface area contributed by atoms with Gasteiger partial charge in [0.1, 0.15) is 0 Å². The molecule has 1 aromatic rings. The largest absolute Gasteiger partial charge is 0.381 e. The van der Waals surface area contributed by atoms with Gasteiger partial charge in [0.25, 0.3) is 0 Å². The summed E-state index contributed by atoms with van der Waals surface area (Å²) in [7, 11) is 0.